The summed E-state index contributed by atoms with van der Waals surface area (Å²) in [6.45, 7) is 0. The van der Waals surface area contributed by atoms with Gasteiger partial charge in [-0.05, 0) is 29.2 Å². The first-order chi connectivity index (χ1) is 10.6. The lowest BCUT2D eigenvalue weighted by Crippen LogP contribution is -2.34. The van der Waals surface area contributed by atoms with Gasteiger partial charge in [-0.2, -0.15) is 0 Å². The van der Waals surface area contributed by atoms with Gasteiger partial charge < -0.3 is 10.4 Å². The average Bonchev–Trinajstić information content (AvgIpc) is 2.83. The zero-order valence-corrected chi connectivity index (χ0v) is 12.1. The number of benzene rings is 2. The normalized spacial score (nSPS) is 19.7. The molecule has 0 unspecified atom stereocenters. The molecule has 2 atom stereocenters. The number of fused-ring (bicyclic) bond motifs is 1. The van der Waals surface area contributed by atoms with Crippen LogP contribution in [-0.2, 0) is 17.6 Å². The molecule has 0 radical (unpaired) electrons. The summed E-state index contributed by atoms with van der Waals surface area (Å²) in [5.74, 6) is -0.467. The van der Waals surface area contributed by atoms with E-state index in [2.05, 4.69) is 5.32 Å². The van der Waals surface area contributed by atoms with Crippen molar-refractivity contribution in [3.8, 4) is 0 Å². The van der Waals surface area contributed by atoms with Crippen LogP contribution in [0.1, 0.15) is 29.2 Å². The molecule has 22 heavy (non-hydrogen) atoms. The van der Waals surface area contributed by atoms with E-state index in [1.165, 1.54) is 6.07 Å². The monoisotopic (exact) mass is 299 g/mol. The number of amides is 1. The molecule has 3 rings (SSSR count). The molecule has 1 amide bonds. The molecule has 0 saturated heterocycles. The van der Waals surface area contributed by atoms with Crippen molar-refractivity contribution in [2.24, 2.45) is 0 Å². The lowest BCUT2D eigenvalue weighted by Gasteiger charge is -2.18. The Bertz CT molecular complexity index is 686. The van der Waals surface area contributed by atoms with Gasteiger partial charge in [-0.3, -0.25) is 4.79 Å². The average molecular weight is 299 g/mol. The van der Waals surface area contributed by atoms with E-state index >= 15 is 0 Å². The number of hydrogen-bond acceptors (Lipinski definition) is 2. The highest BCUT2D eigenvalue weighted by Crippen LogP contribution is 2.31. The van der Waals surface area contributed by atoms with E-state index in [-0.39, 0.29) is 24.2 Å². The molecule has 1 aliphatic carbocycles. The fourth-order valence-corrected chi connectivity index (χ4v) is 2.94. The van der Waals surface area contributed by atoms with Gasteiger partial charge >= 0.3 is 0 Å². The highest BCUT2D eigenvalue weighted by atomic mass is 19.1. The Kier molecular flexibility index (Phi) is 4.20. The highest BCUT2D eigenvalue weighted by molar-refractivity contribution is 5.77. The standard InChI is InChI=1S/C18H18FNO2/c19-15-8-4-2-5-12(15)9-10-17(22)20-18-14-7-3-1-6-13(14)11-16(18)21/h1-8,16,18,21H,9-11H2,(H,20,22)/t16-,18+/m0/s1. The van der Waals surface area contributed by atoms with Gasteiger partial charge in [0.2, 0.25) is 5.91 Å². The van der Waals surface area contributed by atoms with Crippen LogP contribution in [0.3, 0.4) is 0 Å². The maximum atomic E-state index is 13.5. The predicted molar refractivity (Wildman–Crippen MR) is 81.8 cm³/mol. The van der Waals surface area contributed by atoms with Crippen LogP contribution in [0.15, 0.2) is 48.5 Å². The molecule has 0 spiro atoms. The van der Waals surface area contributed by atoms with Crippen molar-refractivity contribution in [2.75, 3.05) is 0 Å². The largest absolute Gasteiger partial charge is 0.390 e. The van der Waals surface area contributed by atoms with E-state index in [0.717, 1.165) is 11.1 Å². The number of carbonyl (C=O) groups is 1. The second kappa shape index (κ2) is 6.28. The number of halogens is 1. The Morgan fingerprint density at radius 1 is 1.18 bits per heavy atom. The Labute approximate surface area is 128 Å². The number of nitrogens with one attached hydrogen (secondary N) is 1. The first-order valence-corrected chi connectivity index (χ1v) is 7.44. The number of aliphatic hydroxyl groups excluding tert-OH is 1. The summed E-state index contributed by atoms with van der Waals surface area (Å²) in [5.41, 5.74) is 2.56. The van der Waals surface area contributed by atoms with Crippen LogP contribution in [0, 0.1) is 5.82 Å². The number of rotatable bonds is 4. The molecule has 2 aromatic rings. The van der Waals surface area contributed by atoms with Gasteiger partial charge in [-0.25, -0.2) is 4.39 Å². The van der Waals surface area contributed by atoms with E-state index < -0.39 is 6.10 Å². The maximum Gasteiger partial charge on any atom is 0.220 e. The Morgan fingerprint density at radius 3 is 2.73 bits per heavy atom. The van der Waals surface area contributed by atoms with E-state index in [0.29, 0.717) is 18.4 Å². The summed E-state index contributed by atoms with van der Waals surface area (Å²) in [6, 6.07) is 13.8. The van der Waals surface area contributed by atoms with Crippen LogP contribution >= 0.6 is 0 Å². The van der Waals surface area contributed by atoms with E-state index in [9.17, 15) is 14.3 Å². The fourth-order valence-electron chi connectivity index (χ4n) is 2.94. The molecular formula is C18H18FNO2. The smallest absolute Gasteiger partial charge is 0.220 e. The van der Waals surface area contributed by atoms with Crippen molar-refractivity contribution in [2.45, 2.75) is 31.4 Å². The molecule has 3 nitrogen and oxygen atoms in total. The lowest BCUT2D eigenvalue weighted by molar-refractivity contribution is -0.122. The molecule has 2 N–H and O–H groups in total. The SMILES string of the molecule is O=C(CCc1ccccc1F)N[C@@H]1c2ccccc2C[C@@H]1O. The fraction of sp³-hybridized carbons (Fsp3) is 0.278. The summed E-state index contributed by atoms with van der Waals surface area (Å²) in [4.78, 5) is 12.1. The van der Waals surface area contributed by atoms with Gasteiger partial charge in [0, 0.05) is 12.8 Å². The molecule has 0 fully saturated rings. The van der Waals surface area contributed by atoms with Crippen molar-refractivity contribution in [3.63, 3.8) is 0 Å². The Balaban J connectivity index is 1.62. The van der Waals surface area contributed by atoms with Gasteiger partial charge in [0.15, 0.2) is 0 Å². The molecule has 0 bridgehead atoms. The zero-order chi connectivity index (χ0) is 15.5. The maximum absolute atomic E-state index is 13.5. The van der Waals surface area contributed by atoms with Crippen LogP contribution in [0.25, 0.3) is 0 Å². The number of aryl methyl sites for hydroxylation is 1. The number of aliphatic hydroxyl groups is 1. The lowest BCUT2D eigenvalue weighted by atomic mass is 10.1. The van der Waals surface area contributed by atoms with Crippen molar-refractivity contribution in [1.29, 1.82) is 0 Å². The number of hydrogen-bond donors (Lipinski definition) is 2. The first-order valence-electron chi connectivity index (χ1n) is 7.44. The minimum atomic E-state index is -0.602. The Hall–Kier alpha value is -2.20. The summed E-state index contributed by atoms with van der Waals surface area (Å²) in [5, 5.41) is 13.0. The van der Waals surface area contributed by atoms with Gasteiger partial charge in [0.25, 0.3) is 0 Å². The molecule has 0 heterocycles. The third-order valence-electron chi connectivity index (χ3n) is 4.10. The van der Waals surface area contributed by atoms with Crippen molar-refractivity contribution >= 4 is 5.91 Å². The van der Waals surface area contributed by atoms with Crippen LogP contribution in [0.5, 0.6) is 0 Å². The molecule has 1 aliphatic rings. The van der Waals surface area contributed by atoms with Crippen LogP contribution in [-0.4, -0.2) is 17.1 Å². The van der Waals surface area contributed by atoms with Crippen molar-refractivity contribution in [1.82, 2.24) is 5.32 Å². The van der Waals surface area contributed by atoms with E-state index in [4.69, 9.17) is 0 Å². The minimum absolute atomic E-state index is 0.177. The molecule has 0 saturated carbocycles. The molecule has 0 aromatic heterocycles. The minimum Gasteiger partial charge on any atom is -0.390 e. The molecule has 114 valence electrons. The van der Waals surface area contributed by atoms with Crippen molar-refractivity contribution < 1.29 is 14.3 Å². The molecular weight excluding hydrogens is 281 g/mol. The predicted octanol–water partition coefficient (Wildman–Crippen LogP) is 2.53. The highest BCUT2D eigenvalue weighted by Gasteiger charge is 2.31. The van der Waals surface area contributed by atoms with Gasteiger partial charge in [-0.1, -0.05) is 42.5 Å². The third kappa shape index (κ3) is 3.02. The van der Waals surface area contributed by atoms with Crippen molar-refractivity contribution in [3.05, 3.63) is 71.0 Å². The topological polar surface area (TPSA) is 49.3 Å². The Morgan fingerprint density at radius 2 is 1.91 bits per heavy atom. The second-order valence-electron chi connectivity index (χ2n) is 5.61. The zero-order valence-electron chi connectivity index (χ0n) is 12.1. The summed E-state index contributed by atoms with van der Waals surface area (Å²) in [6.07, 6.45) is 0.499. The summed E-state index contributed by atoms with van der Waals surface area (Å²) in [7, 11) is 0. The van der Waals surface area contributed by atoms with Gasteiger partial charge in [-0.15, -0.1) is 0 Å². The summed E-state index contributed by atoms with van der Waals surface area (Å²) < 4.78 is 13.5. The molecule has 4 heteroatoms. The van der Waals surface area contributed by atoms with Crippen LogP contribution < -0.4 is 5.32 Å². The van der Waals surface area contributed by atoms with E-state index in [1.54, 1.807) is 18.2 Å². The molecule has 0 aliphatic heterocycles. The van der Waals surface area contributed by atoms with E-state index in [1.807, 2.05) is 24.3 Å². The third-order valence-corrected chi connectivity index (χ3v) is 4.10. The first kappa shape index (κ1) is 14.7. The van der Waals surface area contributed by atoms with Gasteiger partial charge in [0.05, 0.1) is 12.1 Å². The summed E-state index contributed by atoms with van der Waals surface area (Å²) >= 11 is 0. The molecule has 2 aromatic carbocycles. The van der Waals surface area contributed by atoms with Crippen LogP contribution in [0.4, 0.5) is 4.39 Å². The quantitative estimate of drug-likeness (QED) is 0.911. The second-order valence-corrected chi connectivity index (χ2v) is 5.61. The van der Waals surface area contributed by atoms with Gasteiger partial charge in [0.1, 0.15) is 5.82 Å². The van der Waals surface area contributed by atoms with Crippen LogP contribution in [0.2, 0.25) is 0 Å². The number of carbonyl (C=O) groups excluding carboxylic acids is 1.